The molecule has 2 rings (SSSR count). The van der Waals surface area contributed by atoms with Gasteiger partial charge in [-0.1, -0.05) is 0 Å². The van der Waals surface area contributed by atoms with Crippen LogP contribution in [0.2, 0.25) is 0 Å². The van der Waals surface area contributed by atoms with Crippen molar-refractivity contribution in [2.24, 2.45) is 0 Å². The molecular weight excluding hydrogens is 169 g/mol. The van der Waals surface area contributed by atoms with E-state index in [-0.39, 0.29) is 5.82 Å². The minimum absolute atomic E-state index is 0.307. The molecule has 0 bridgehead atoms. The quantitative estimate of drug-likeness (QED) is 0.721. The predicted octanol–water partition coefficient (Wildman–Crippen LogP) is 1.81. The van der Waals surface area contributed by atoms with E-state index in [1.54, 1.807) is 19.3 Å². The summed E-state index contributed by atoms with van der Waals surface area (Å²) >= 11 is 0. The van der Waals surface area contributed by atoms with Crippen molar-refractivity contribution in [1.29, 1.82) is 0 Å². The van der Waals surface area contributed by atoms with Crippen LogP contribution in [0.15, 0.2) is 24.5 Å². The van der Waals surface area contributed by atoms with E-state index >= 15 is 0 Å². The Morgan fingerprint density at radius 1 is 1.23 bits per heavy atom. The number of benzene rings is 1. The molecule has 1 heterocycles. The zero-order valence-corrected chi connectivity index (χ0v) is 7.08. The molecule has 0 aliphatic heterocycles. The lowest BCUT2D eigenvalue weighted by atomic mass is 10.2. The lowest BCUT2D eigenvalue weighted by molar-refractivity contribution is 0.637. The second-order valence-electron chi connectivity index (χ2n) is 2.63. The van der Waals surface area contributed by atoms with Gasteiger partial charge < -0.3 is 5.32 Å². The van der Waals surface area contributed by atoms with Gasteiger partial charge in [-0.3, -0.25) is 4.98 Å². The van der Waals surface area contributed by atoms with Gasteiger partial charge in [0.25, 0.3) is 0 Å². The first-order valence-corrected chi connectivity index (χ1v) is 3.89. The summed E-state index contributed by atoms with van der Waals surface area (Å²) in [6, 6.07) is 3.16. The maximum atomic E-state index is 13.3. The summed E-state index contributed by atoms with van der Waals surface area (Å²) in [5.74, 6) is -0.352. The predicted molar refractivity (Wildman–Crippen MR) is 49.0 cm³/mol. The van der Waals surface area contributed by atoms with Crippen LogP contribution in [-0.2, 0) is 0 Å². The molecule has 4 heteroatoms. The fourth-order valence-corrected chi connectivity index (χ4v) is 1.18. The molecule has 0 unspecified atom stereocenters. The molecule has 0 amide bonds. The second-order valence-corrected chi connectivity index (χ2v) is 2.63. The number of anilines is 1. The zero-order valence-electron chi connectivity index (χ0n) is 7.08. The number of aromatic nitrogens is 2. The van der Waals surface area contributed by atoms with E-state index in [1.807, 2.05) is 0 Å². The normalized spacial score (nSPS) is 10.3. The van der Waals surface area contributed by atoms with E-state index in [2.05, 4.69) is 15.3 Å². The molecule has 66 valence electrons. The van der Waals surface area contributed by atoms with Crippen LogP contribution in [0.1, 0.15) is 0 Å². The molecule has 1 aromatic heterocycles. The highest BCUT2D eigenvalue weighted by atomic mass is 19.1. The van der Waals surface area contributed by atoms with Crippen molar-refractivity contribution in [2.75, 3.05) is 12.4 Å². The third kappa shape index (κ3) is 1.30. The van der Waals surface area contributed by atoms with E-state index in [9.17, 15) is 4.39 Å². The number of halogens is 1. The Bertz CT molecular complexity index is 442. The summed E-state index contributed by atoms with van der Waals surface area (Å²) < 4.78 is 13.3. The van der Waals surface area contributed by atoms with Crippen LogP contribution >= 0.6 is 0 Å². The molecule has 13 heavy (non-hydrogen) atoms. The number of hydrogen-bond acceptors (Lipinski definition) is 3. The molecule has 2 aromatic rings. The maximum Gasteiger partial charge on any atom is 0.153 e. The SMILES string of the molecule is CNc1cc(F)c2nccnc2c1. The number of hydrogen-bond donors (Lipinski definition) is 1. The van der Waals surface area contributed by atoms with Crippen LogP contribution in [0.5, 0.6) is 0 Å². The van der Waals surface area contributed by atoms with E-state index in [4.69, 9.17) is 0 Å². The van der Waals surface area contributed by atoms with E-state index in [0.717, 1.165) is 0 Å². The topological polar surface area (TPSA) is 37.8 Å². The first-order chi connectivity index (χ1) is 6.31. The summed E-state index contributed by atoms with van der Waals surface area (Å²) in [4.78, 5) is 7.90. The highest BCUT2D eigenvalue weighted by Crippen LogP contribution is 2.18. The number of fused-ring (bicyclic) bond motifs is 1. The minimum atomic E-state index is -0.352. The van der Waals surface area contributed by atoms with Crippen LogP contribution in [0, 0.1) is 5.82 Å². The van der Waals surface area contributed by atoms with Gasteiger partial charge in [-0.2, -0.15) is 0 Å². The molecule has 0 fully saturated rings. The van der Waals surface area contributed by atoms with E-state index in [1.165, 1.54) is 12.3 Å². The summed E-state index contributed by atoms with van der Waals surface area (Å²) in [6.45, 7) is 0. The molecule has 0 saturated carbocycles. The monoisotopic (exact) mass is 177 g/mol. The van der Waals surface area contributed by atoms with Gasteiger partial charge in [0.1, 0.15) is 5.52 Å². The largest absolute Gasteiger partial charge is 0.388 e. The van der Waals surface area contributed by atoms with E-state index in [0.29, 0.717) is 16.7 Å². The molecular formula is C9H8FN3. The van der Waals surface area contributed by atoms with Crippen molar-refractivity contribution in [2.45, 2.75) is 0 Å². The van der Waals surface area contributed by atoms with E-state index < -0.39 is 0 Å². The number of rotatable bonds is 1. The third-order valence-electron chi connectivity index (χ3n) is 1.82. The van der Waals surface area contributed by atoms with Crippen LogP contribution in [0.3, 0.4) is 0 Å². The van der Waals surface area contributed by atoms with Gasteiger partial charge in [0, 0.05) is 25.1 Å². The average molecular weight is 177 g/mol. The smallest absolute Gasteiger partial charge is 0.153 e. The minimum Gasteiger partial charge on any atom is -0.388 e. The lowest BCUT2D eigenvalue weighted by Crippen LogP contribution is -1.92. The van der Waals surface area contributed by atoms with Crippen LogP contribution in [0.25, 0.3) is 11.0 Å². The Hall–Kier alpha value is -1.71. The van der Waals surface area contributed by atoms with Gasteiger partial charge in [-0.15, -0.1) is 0 Å². The first kappa shape index (κ1) is 7.91. The standard InChI is InChI=1S/C9H8FN3/c1-11-6-4-7(10)9-8(5-6)12-2-3-13-9/h2-5,11H,1H3. The summed E-state index contributed by atoms with van der Waals surface area (Å²) in [5, 5.41) is 2.85. The second kappa shape index (κ2) is 2.97. The van der Waals surface area contributed by atoms with Gasteiger partial charge in [0.05, 0.1) is 5.52 Å². The van der Waals surface area contributed by atoms with Crippen LogP contribution < -0.4 is 5.32 Å². The Morgan fingerprint density at radius 3 is 2.77 bits per heavy atom. The first-order valence-electron chi connectivity index (χ1n) is 3.89. The number of nitrogens with one attached hydrogen (secondary N) is 1. The zero-order chi connectivity index (χ0) is 9.26. The number of nitrogens with zero attached hydrogens (tertiary/aromatic N) is 2. The van der Waals surface area contributed by atoms with Crippen molar-refractivity contribution in [3.05, 3.63) is 30.3 Å². The Labute approximate surface area is 74.6 Å². The molecule has 1 N–H and O–H groups in total. The highest BCUT2D eigenvalue weighted by Gasteiger charge is 2.03. The molecule has 0 aliphatic carbocycles. The van der Waals surface area contributed by atoms with Crippen molar-refractivity contribution in [3.8, 4) is 0 Å². The molecule has 0 spiro atoms. The molecule has 0 radical (unpaired) electrons. The van der Waals surface area contributed by atoms with Gasteiger partial charge in [-0.25, -0.2) is 9.37 Å². The maximum absolute atomic E-state index is 13.3. The summed E-state index contributed by atoms with van der Waals surface area (Å²) in [6.07, 6.45) is 3.02. The molecule has 0 aliphatic rings. The molecule has 0 saturated heterocycles. The van der Waals surface area contributed by atoms with Crippen molar-refractivity contribution in [3.63, 3.8) is 0 Å². The molecule has 3 nitrogen and oxygen atoms in total. The van der Waals surface area contributed by atoms with Gasteiger partial charge in [-0.05, 0) is 12.1 Å². The van der Waals surface area contributed by atoms with Gasteiger partial charge in [0.2, 0.25) is 0 Å². The fourth-order valence-electron chi connectivity index (χ4n) is 1.18. The average Bonchev–Trinajstić information content (AvgIpc) is 2.18. The van der Waals surface area contributed by atoms with Crippen LogP contribution in [-0.4, -0.2) is 17.0 Å². The molecule has 1 aromatic carbocycles. The summed E-state index contributed by atoms with van der Waals surface area (Å²) in [5.41, 5.74) is 1.57. The third-order valence-corrected chi connectivity index (χ3v) is 1.82. The summed E-state index contributed by atoms with van der Waals surface area (Å²) in [7, 11) is 1.73. The highest BCUT2D eigenvalue weighted by molar-refractivity contribution is 5.78. The van der Waals surface area contributed by atoms with Crippen molar-refractivity contribution < 1.29 is 4.39 Å². The Morgan fingerprint density at radius 2 is 2.00 bits per heavy atom. The van der Waals surface area contributed by atoms with Crippen LogP contribution in [0.4, 0.5) is 10.1 Å². The van der Waals surface area contributed by atoms with Crippen molar-refractivity contribution in [1.82, 2.24) is 9.97 Å². The van der Waals surface area contributed by atoms with Gasteiger partial charge in [0.15, 0.2) is 5.82 Å². The van der Waals surface area contributed by atoms with Gasteiger partial charge >= 0.3 is 0 Å². The van der Waals surface area contributed by atoms with Crippen molar-refractivity contribution >= 4 is 16.7 Å². The Kier molecular flexibility index (Phi) is 1.81. The lowest BCUT2D eigenvalue weighted by Gasteiger charge is -2.02. The molecule has 0 atom stereocenters. The fraction of sp³-hybridized carbons (Fsp3) is 0.111. The Balaban J connectivity index is 2.77.